The first-order valence-corrected chi connectivity index (χ1v) is 10.8. The number of hydrogen-bond donors (Lipinski definition) is 0. The van der Waals surface area contributed by atoms with Crippen molar-refractivity contribution in [1.82, 2.24) is 19.8 Å². The number of piperidine rings is 1. The van der Waals surface area contributed by atoms with Crippen molar-refractivity contribution in [2.45, 2.75) is 19.3 Å². The number of amides is 2. The summed E-state index contributed by atoms with van der Waals surface area (Å²) in [5.74, 6) is 1.25. The molecule has 2 aromatic heterocycles. The molecule has 2 aromatic rings. The van der Waals surface area contributed by atoms with E-state index in [0.29, 0.717) is 37.6 Å². The lowest BCUT2D eigenvalue weighted by atomic mass is 9.95. The molecular weight excluding hydrogens is 402 g/mol. The number of hydrogen-bond acceptors (Lipinski definition) is 5. The highest BCUT2D eigenvalue weighted by molar-refractivity contribution is 6.30. The maximum absolute atomic E-state index is 13.0. The van der Waals surface area contributed by atoms with Crippen LogP contribution in [0.5, 0.6) is 0 Å². The van der Waals surface area contributed by atoms with Crippen LogP contribution in [-0.4, -0.2) is 70.9 Å². The van der Waals surface area contributed by atoms with E-state index >= 15 is 0 Å². The molecule has 7 nitrogen and oxygen atoms in total. The number of carbonyl (C=O) groups excluding carboxylic acids is 2. The van der Waals surface area contributed by atoms with Crippen LogP contribution in [0, 0.1) is 5.92 Å². The predicted molar refractivity (Wildman–Crippen MR) is 115 cm³/mol. The summed E-state index contributed by atoms with van der Waals surface area (Å²) in [6.45, 7) is 4.01. The van der Waals surface area contributed by atoms with Gasteiger partial charge < -0.3 is 14.7 Å². The molecule has 0 radical (unpaired) electrons. The van der Waals surface area contributed by atoms with E-state index in [9.17, 15) is 9.59 Å². The fraction of sp³-hybridized carbons (Fsp3) is 0.455. The number of aromatic nitrogens is 2. The van der Waals surface area contributed by atoms with Crippen LogP contribution in [0.15, 0.2) is 42.7 Å². The third-order valence-electron chi connectivity index (χ3n) is 5.88. The summed E-state index contributed by atoms with van der Waals surface area (Å²) in [5.41, 5.74) is 0.781. The highest BCUT2D eigenvalue weighted by atomic mass is 35.5. The van der Waals surface area contributed by atoms with Crippen molar-refractivity contribution >= 4 is 29.2 Å². The molecule has 0 atom stereocenters. The first-order chi connectivity index (χ1) is 14.6. The largest absolute Gasteiger partial charge is 0.357 e. The van der Waals surface area contributed by atoms with Gasteiger partial charge in [-0.25, -0.2) is 4.98 Å². The minimum atomic E-state index is 0.0457. The standard InChI is InChI=1S/C22H26ClN5O2/c23-18-4-5-20(25-16-18)26-9-6-17(7-10-26)22(30)28-13-11-27(12-14-28)21(29)15-19-3-1-2-8-24-19/h1-5,8,16-17H,6-7,9-15H2. The van der Waals surface area contributed by atoms with Crippen LogP contribution in [0.25, 0.3) is 0 Å². The van der Waals surface area contributed by atoms with Crippen LogP contribution in [0.3, 0.4) is 0 Å². The summed E-state index contributed by atoms with van der Waals surface area (Å²) < 4.78 is 0. The van der Waals surface area contributed by atoms with E-state index in [-0.39, 0.29) is 17.7 Å². The fourth-order valence-electron chi connectivity index (χ4n) is 4.11. The predicted octanol–water partition coefficient (Wildman–Crippen LogP) is 2.26. The molecule has 2 aliphatic rings. The number of anilines is 1. The number of halogens is 1. The van der Waals surface area contributed by atoms with Gasteiger partial charge in [0.2, 0.25) is 11.8 Å². The van der Waals surface area contributed by atoms with Crippen molar-refractivity contribution in [2.75, 3.05) is 44.2 Å². The summed E-state index contributed by atoms with van der Waals surface area (Å²) in [4.78, 5) is 40.0. The maximum atomic E-state index is 13.0. The van der Waals surface area contributed by atoms with Crippen LogP contribution >= 0.6 is 11.6 Å². The van der Waals surface area contributed by atoms with Gasteiger partial charge in [0.15, 0.2) is 0 Å². The molecule has 0 spiro atoms. The minimum absolute atomic E-state index is 0.0457. The Labute approximate surface area is 181 Å². The van der Waals surface area contributed by atoms with Crippen LogP contribution in [-0.2, 0) is 16.0 Å². The van der Waals surface area contributed by atoms with E-state index in [1.54, 1.807) is 12.4 Å². The second kappa shape index (κ2) is 9.43. The van der Waals surface area contributed by atoms with E-state index in [1.165, 1.54) is 0 Å². The first-order valence-electron chi connectivity index (χ1n) is 10.4. The highest BCUT2D eigenvalue weighted by Gasteiger charge is 2.31. The number of nitrogens with zero attached hydrogens (tertiary/aromatic N) is 5. The minimum Gasteiger partial charge on any atom is -0.357 e. The van der Waals surface area contributed by atoms with E-state index in [1.807, 2.05) is 40.1 Å². The van der Waals surface area contributed by atoms with Crippen LogP contribution in [0.4, 0.5) is 5.82 Å². The molecule has 2 aliphatic heterocycles. The van der Waals surface area contributed by atoms with Gasteiger partial charge in [-0.1, -0.05) is 17.7 Å². The number of pyridine rings is 2. The summed E-state index contributed by atoms with van der Waals surface area (Å²) in [7, 11) is 0. The molecule has 0 aromatic carbocycles. The average Bonchev–Trinajstić information content (AvgIpc) is 2.80. The molecule has 0 unspecified atom stereocenters. The monoisotopic (exact) mass is 427 g/mol. The van der Waals surface area contributed by atoms with Gasteiger partial charge in [0, 0.05) is 63.3 Å². The van der Waals surface area contributed by atoms with Crippen molar-refractivity contribution in [2.24, 2.45) is 5.92 Å². The van der Waals surface area contributed by atoms with Gasteiger partial charge in [-0.05, 0) is 37.1 Å². The van der Waals surface area contributed by atoms with E-state index in [2.05, 4.69) is 14.9 Å². The van der Waals surface area contributed by atoms with Gasteiger partial charge in [-0.2, -0.15) is 0 Å². The quantitative estimate of drug-likeness (QED) is 0.748. The summed E-state index contributed by atoms with van der Waals surface area (Å²) in [6.07, 6.45) is 5.31. The summed E-state index contributed by atoms with van der Waals surface area (Å²) >= 11 is 5.91. The van der Waals surface area contributed by atoms with Crippen molar-refractivity contribution in [3.8, 4) is 0 Å². The molecule has 8 heteroatoms. The molecule has 2 amide bonds. The summed E-state index contributed by atoms with van der Waals surface area (Å²) in [5, 5.41) is 0.626. The normalized spacial score (nSPS) is 17.8. The Hall–Kier alpha value is -2.67. The Balaban J connectivity index is 1.24. The topological polar surface area (TPSA) is 69.6 Å². The van der Waals surface area contributed by atoms with Gasteiger partial charge in [-0.3, -0.25) is 14.6 Å². The zero-order chi connectivity index (χ0) is 20.9. The Kier molecular flexibility index (Phi) is 6.47. The van der Waals surface area contributed by atoms with Gasteiger partial charge in [0.25, 0.3) is 0 Å². The number of rotatable bonds is 4. The van der Waals surface area contributed by atoms with Crippen molar-refractivity contribution in [3.63, 3.8) is 0 Å². The lowest BCUT2D eigenvalue weighted by Crippen LogP contribution is -2.53. The average molecular weight is 428 g/mol. The molecule has 0 aliphatic carbocycles. The second-order valence-electron chi connectivity index (χ2n) is 7.80. The third-order valence-corrected chi connectivity index (χ3v) is 6.11. The van der Waals surface area contributed by atoms with E-state index in [4.69, 9.17) is 11.6 Å². The molecule has 30 heavy (non-hydrogen) atoms. The number of piperazine rings is 1. The zero-order valence-corrected chi connectivity index (χ0v) is 17.7. The second-order valence-corrected chi connectivity index (χ2v) is 8.24. The lowest BCUT2D eigenvalue weighted by molar-refractivity contribution is -0.142. The smallest absolute Gasteiger partial charge is 0.228 e. The van der Waals surface area contributed by atoms with Crippen LogP contribution in [0.2, 0.25) is 5.02 Å². The molecule has 2 saturated heterocycles. The fourth-order valence-corrected chi connectivity index (χ4v) is 4.23. The van der Waals surface area contributed by atoms with Crippen molar-refractivity contribution in [1.29, 1.82) is 0 Å². The zero-order valence-electron chi connectivity index (χ0n) is 16.9. The molecule has 0 N–H and O–H groups in total. The Morgan fingerprint density at radius 1 is 0.933 bits per heavy atom. The van der Waals surface area contributed by atoms with Crippen LogP contribution < -0.4 is 4.90 Å². The molecule has 4 heterocycles. The maximum Gasteiger partial charge on any atom is 0.228 e. The Morgan fingerprint density at radius 3 is 2.30 bits per heavy atom. The van der Waals surface area contributed by atoms with Gasteiger partial charge in [0.1, 0.15) is 5.82 Å². The number of carbonyl (C=O) groups is 2. The molecule has 4 rings (SSSR count). The van der Waals surface area contributed by atoms with Gasteiger partial charge in [-0.15, -0.1) is 0 Å². The van der Waals surface area contributed by atoms with Crippen molar-refractivity contribution in [3.05, 3.63) is 53.4 Å². The molecular formula is C22H26ClN5O2. The van der Waals surface area contributed by atoms with Crippen molar-refractivity contribution < 1.29 is 9.59 Å². The highest BCUT2D eigenvalue weighted by Crippen LogP contribution is 2.24. The Morgan fingerprint density at radius 2 is 1.67 bits per heavy atom. The first kappa shape index (κ1) is 20.6. The van der Waals surface area contributed by atoms with Gasteiger partial charge in [0.05, 0.1) is 11.4 Å². The summed E-state index contributed by atoms with van der Waals surface area (Å²) in [6, 6.07) is 9.36. The molecule has 2 fully saturated rings. The Bertz CT molecular complexity index is 861. The molecule has 0 bridgehead atoms. The van der Waals surface area contributed by atoms with E-state index < -0.39 is 0 Å². The van der Waals surface area contributed by atoms with Gasteiger partial charge >= 0.3 is 0 Å². The third kappa shape index (κ3) is 4.90. The lowest BCUT2D eigenvalue weighted by Gasteiger charge is -2.38. The molecule has 0 saturated carbocycles. The van der Waals surface area contributed by atoms with E-state index in [0.717, 1.165) is 37.4 Å². The molecule has 158 valence electrons. The van der Waals surface area contributed by atoms with Crippen LogP contribution in [0.1, 0.15) is 18.5 Å². The SMILES string of the molecule is O=C(Cc1ccccn1)N1CCN(C(=O)C2CCN(c3ccc(Cl)cn3)CC2)CC1.